The fourth-order valence-electron chi connectivity index (χ4n) is 3.99. The molecule has 35 heavy (non-hydrogen) atoms. The van der Waals surface area contributed by atoms with E-state index in [1.165, 1.54) is 29.3 Å². The van der Waals surface area contributed by atoms with Gasteiger partial charge in [0.25, 0.3) is 5.91 Å². The number of pyridine rings is 1. The highest BCUT2D eigenvalue weighted by Crippen LogP contribution is 2.38. The average molecular weight is 518 g/mol. The normalized spacial score (nSPS) is 18.0. The number of fused-ring (bicyclic) bond motifs is 1. The molecule has 1 N–H and O–H groups in total. The van der Waals surface area contributed by atoms with Crippen molar-refractivity contribution in [1.82, 2.24) is 24.6 Å². The van der Waals surface area contributed by atoms with Crippen LogP contribution in [0.4, 0.5) is 22.0 Å². The molecule has 1 aromatic carbocycles. The number of ether oxygens (including phenoxy) is 1. The standard InChI is InChI=1S/C21H17ClF5N5O3/c1-10-17-29-30-18(15-7-12(5-6-28-15)35-20(23)24)31(17)8-11(9-33)32(10)19(34)13-3-2-4-14(16(13)22)21(25,26)27/h2-7,10-11,20,33H,8-9H2,1H3. The SMILES string of the molecule is CC1c2nnc(-c3cc(OC(F)F)ccn3)n2CC(CO)N1C(=O)c1cccc(C(F)(F)F)c1Cl. The summed E-state index contributed by atoms with van der Waals surface area (Å²) in [5, 5.41) is 17.4. The van der Waals surface area contributed by atoms with E-state index < -0.39 is 48.0 Å². The average Bonchev–Trinajstić information content (AvgIpc) is 3.22. The van der Waals surface area contributed by atoms with Gasteiger partial charge in [0.2, 0.25) is 0 Å². The van der Waals surface area contributed by atoms with Gasteiger partial charge in [-0.1, -0.05) is 17.7 Å². The van der Waals surface area contributed by atoms with E-state index >= 15 is 0 Å². The number of hydrogen-bond acceptors (Lipinski definition) is 6. The van der Waals surface area contributed by atoms with Gasteiger partial charge in [-0.05, 0) is 25.1 Å². The van der Waals surface area contributed by atoms with Crippen molar-refractivity contribution in [2.75, 3.05) is 6.61 Å². The lowest BCUT2D eigenvalue weighted by Crippen LogP contribution is -2.50. The van der Waals surface area contributed by atoms with Gasteiger partial charge in [0, 0.05) is 18.8 Å². The van der Waals surface area contributed by atoms with Crippen molar-refractivity contribution < 1.29 is 36.6 Å². The zero-order valence-corrected chi connectivity index (χ0v) is 18.6. The number of benzene rings is 1. The second-order valence-corrected chi connectivity index (χ2v) is 8.02. The molecule has 2 unspecified atom stereocenters. The molecule has 3 aromatic rings. The number of amides is 1. The highest BCUT2D eigenvalue weighted by Gasteiger charge is 2.41. The predicted molar refractivity (Wildman–Crippen MR) is 112 cm³/mol. The van der Waals surface area contributed by atoms with Gasteiger partial charge in [-0.2, -0.15) is 22.0 Å². The maximum atomic E-state index is 13.3. The number of halogens is 6. The lowest BCUT2D eigenvalue weighted by Gasteiger charge is -2.40. The monoisotopic (exact) mass is 517 g/mol. The Kier molecular flexibility index (Phi) is 6.64. The highest BCUT2D eigenvalue weighted by molar-refractivity contribution is 6.34. The number of carbonyl (C=O) groups is 1. The molecule has 1 aliphatic heterocycles. The van der Waals surface area contributed by atoms with E-state index in [0.29, 0.717) is 0 Å². The molecule has 0 aliphatic carbocycles. The summed E-state index contributed by atoms with van der Waals surface area (Å²) in [6, 6.07) is 3.77. The summed E-state index contributed by atoms with van der Waals surface area (Å²) in [7, 11) is 0. The first-order valence-corrected chi connectivity index (χ1v) is 10.5. The maximum absolute atomic E-state index is 13.3. The van der Waals surface area contributed by atoms with Crippen LogP contribution in [-0.2, 0) is 12.7 Å². The van der Waals surface area contributed by atoms with E-state index in [9.17, 15) is 31.9 Å². The number of aliphatic hydroxyl groups excluding tert-OH is 1. The number of alkyl halides is 5. The Morgan fingerprint density at radius 3 is 2.69 bits per heavy atom. The summed E-state index contributed by atoms with van der Waals surface area (Å²) in [4.78, 5) is 18.6. The molecule has 0 fully saturated rings. The molecule has 14 heteroatoms. The second-order valence-electron chi connectivity index (χ2n) is 7.64. The van der Waals surface area contributed by atoms with E-state index in [2.05, 4.69) is 19.9 Å². The van der Waals surface area contributed by atoms with E-state index in [1.54, 1.807) is 11.5 Å². The Morgan fingerprint density at radius 1 is 1.29 bits per heavy atom. The topological polar surface area (TPSA) is 93.4 Å². The number of rotatable bonds is 5. The van der Waals surface area contributed by atoms with E-state index in [-0.39, 0.29) is 35.2 Å². The molecular weight excluding hydrogens is 501 g/mol. The lowest BCUT2D eigenvalue weighted by molar-refractivity contribution is -0.137. The molecule has 0 saturated carbocycles. The Labute approximate surface area is 199 Å². The van der Waals surface area contributed by atoms with Gasteiger partial charge in [-0.15, -0.1) is 10.2 Å². The Balaban J connectivity index is 1.71. The minimum atomic E-state index is -4.76. The van der Waals surface area contributed by atoms with E-state index in [4.69, 9.17) is 11.6 Å². The van der Waals surface area contributed by atoms with Crippen LogP contribution >= 0.6 is 11.6 Å². The number of carbonyl (C=O) groups excluding carboxylic acids is 1. The van der Waals surface area contributed by atoms with Crippen molar-refractivity contribution in [1.29, 1.82) is 0 Å². The van der Waals surface area contributed by atoms with Gasteiger partial charge in [-0.3, -0.25) is 9.78 Å². The zero-order chi connectivity index (χ0) is 25.5. The fraction of sp³-hybridized carbons (Fsp3) is 0.333. The van der Waals surface area contributed by atoms with Gasteiger partial charge in [0.15, 0.2) is 11.6 Å². The predicted octanol–water partition coefficient (Wildman–Crippen LogP) is 4.19. The highest BCUT2D eigenvalue weighted by atomic mass is 35.5. The van der Waals surface area contributed by atoms with Crippen LogP contribution in [0.5, 0.6) is 5.75 Å². The Bertz CT molecular complexity index is 1250. The molecule has 0 saturated heterocycles. The van der Waals surface area contributed by atoms with Crippen LogP contribution in [0.3, 0.4) is 0 Å². The first kappa shape index (κ1) is 24.8. The second kappa shape index (κ2) is 9.38. The number of nitrogens with zero attached hydrogens (tertiary/aromatic N) is 5. The molecule has 186 valence electrons. The largest absolute Gasteiger partial charge is 0.435 e. The molecule has 2 aromatic heterocycles. The van der Waals surface area contributed by atoms with Crippen molar-refractivity contribution in [3.8, 4) is 17.3 Å². The zero-order valence-electron chi connectivity index (χ0n) is 17.9. The van der Waals surface area contributed by atoms with Crippen LogP contribution in [0.15, 0.2) is 36.5 Å². The van der Waals surface area contributed by atoms with Crippen molar-refractivity contribution >= 4 is 17.5 Å². The van der Waals surface area contributed by atoms with Gasteiger partial charge < -0.3 is 19.3 Å². The van der Waals surface area contributed by atoms with Crippen molar-refractivity contribution in [2.45, 2.75) is 38.3 Å². The third-order valence-corrected chi connectivity index (χ3v) is 5.93. The molecule has 0 radical (unpaired) electrons. The summed E-state index contributed by atoms with van der Waals surface area (Å²) in [5.74, 6) is -0.549. The summed E-state index contributed by atoms with van der Waals surface area (Å²) in [6.45, 7) is -2.05. The van der Waals surface area contributed by atoms with Gasteiger partial charge in [0.1, 0.15) is 11.4 Å². The molecule has 3 heterocycles. The van der Waals surface area contributed by atoms with Crippen LogP contribution < -0.4 is 4.74 Å². The molecular formula is C21H17ClF5N5O3. The molecule has 0 bridgehead atoms. The molecule has 2 atom stereocenters. The summed E-state index contributed by atoms with van der Waals surface area (Å²) >= 11 is 5.94. The molecule has 4 rings (SSSR count). The molecule has 1 amide bonds. The fourth-order valence-corrected chi connectivity index (χ4v) is 4.30. The summed E-state index contributed by atoms with van der Waals surface area (Å²) in [5.41, 5.74) is -1.37. The first-order chi connectivity index (χ1) is 16.5. The molecule has 8 nitrogen and oxygen atoms in total. The van der Waals surface area contributed by atoms with Gasteiger partial charge in [-0.25, -0.2) is 0 Å². The Hall–Kier alpha value is -3.32. The van der Waals surface area contributed by atoms with Crippen molar-refractivity contribution in [3.05, 3.63) is 58.5 Å². The van der Waals surface area contributed by atoms with Crippen LogP contribution in [0, 0.1) is 0 Å². The molecule has 1 aliphatic rings. The molecule has 0 spiro atoms. The number of hydrogen-bond donors (Lipinski definition) is 1. The number of aliphatic hydroxyl groups is 1. The van der Waals surface area contributed by atoms with Crippen LogP contribution in [0.25, 0.3) is 11.5 Å². The Morgan fingerprint density at radius 2 is 2.03 bits per heavy atom. The van der Waals surface area contributed by atoms with Crippen LogP contribution in [0.2, 0.25) is 5.02 Å². The summed E-state index contributed by atoms with van der Waals surface area (Å²) in [6.07, 6.45) is -3.52. The quantitative estimate of drug-likeness (QED) is 0.510. The number of aromatic nitrogens is 4. The lowest BCUT2D eigenvalue weighted by atomic mass is 10.0. The van der Waals surface area contributed by atoms with Crippen molar-refractivity contribution in [2.24, 2.45) is 0 Å². The smallest absolute Gasteiger partial charge is 0.417 e. The van der Waals surface area contributed by atoms with Gasteiger partial charge in [0.05, 0.1) is 34.8 Å². The van der Waals surface area contributed by atoms with Gasteiger partial charge >= 0.3 is 12.8 Å². The van der Waals surface area contributed by atoms with Crippen LogP contribution in [0.1, 0.15) is 34.7 Å². The third-order valence-electron chi connectivity index (χ3n) is 5.52. The van der Waals surface area contributed by atoms with Crippen molar-refractivity contribution in [3.63, 3.8) is 0 Å². The van der Waals surface area contributed by atoms with E-state index in [1.807, 2.05) is 0 Å². The van der Waals surface area contributed by atoms with Crippen LogP contribution in [-0.4, -0.2) is 54.9 Å². The maximum Gasteiger partial charge on any atom is 0.417 e. The van der Waals surface area contributed by atoms with E-state index in [0.717, 1.165) is 12.1 Å². The summed E-state index contributed by atoms with van der Waals surface area (Å²) < 4.78 is 71.0. The minimum Gasteiger partial charge on any atom is -0.435 e. The minimum absolute atomic E-state index is 0.0392. The first-order valence-electron chi connectivity index (χ1n) is 10.2. The third kappa shape index (κ3) is 4.65.